The number of halogens is 2. The van der Waals surface area contributed by atoms with Crippen LogP contribution in [0.4, 0.5) is 4.39 Å². The summed E-state index contributed by atoms with van der Waals surface area (Å²) in [6.07, 6.45) is 1.03. The normalized spacial score (nSPS) is 10.4. The molecule has 11 heavy (non-hydrogen) atoms. The molecule has 0 heterocycles. The van der Waals surface area contributed by atoms with Crippen LogP contribution in [0.3, 0.4) is 0 Å². The molecule has 0 spiro atoms. The lowest BCUT2D eigenvalue weighted by molar-refractivity contribution is 0.618. The highest BCUT2D eigenvalue weighted by atomic mass is 127. The van der Waals surface area contributed by atoms with E-state index in [0.717, 1.165) is 12.0 Å². The number of benzene rings is 1. The van der Waals surface area contributed by atoms with Crippen molar-refractivity contribution in [3.8, 4) is 0 Å². The largest absolute Gasteiger partial charge is 0.206 e. The zero-order chi connectivity index (χ0) is 8.27. The van der Waals surface area contributed by atoms with Gasteiger partial charge in [0.25, 0.3) is 0 Å². The van der Waals surface area contributed by atoms with Crippen molar-refractivity contribution in [1.29, 1.82) is 0 Å². The first-order valence-electron chi connectivity index (χ1n) is 3.68. The Kier molecular flexibility index (Phi) is 3.51. The SMILES string of the molecule is Fc1cc(CC[SiH3])ccc1I. The van der Waals surface area contributed by atoms with E-state index < -0.39 is 0 Å². The van der Waals surface area contributed by atoms with Crippen molar-refractivity contribution in [2.75, 3.05) is 0 Å². The summed E-state index contributed by atoms with van der Waals surface area (Å²) in [6, 6.07) is 6.69. The third-order valence-corrected chi connectivity index (χ3v) is 2.90. The van der Waals surface area contributed by atoms with Crippen molar-refractivity contribution in [1.82, 2.24) is 0 Å². The summed E-state index contributed by atoms with van der Waals surface area (Å²) in [7, 11) is 1.20. The lowest BCUT2D eigenvalue weighted by Gasteiger charge is -1.99. The number of aryl methyl sites for hydroxylation is 1. The minimum absolute atomic E-state index is 0.0850. The Balaban J connectivity index is 2.86. The maximum Gasteiger partial charge on any atom is 0.136 e. The van der Waals surface area contributed by atoms with E-state index in [2.05, 4.69) is 0 Å². The molecule has 0 aliphatic heterocycles. The van der Waals surface area contributed by atoms with Crippen molar-refractivity contribution >= 4 is 32.8 Å². The molecular formula is C8H10FISi. The van der Waals surface area contributed by atoms with Gasteiger partial charge in [-0.15, -0.1) is 0 Å². The van der Waals surface area contributed by atoms with Crippen LogP contribution in [0.1, 0.15) is 5.56 Å². The van der Waals surface area contributed by atoms with Crippen molar-refractivity contribution in [3.63, 3.8) is 0 Å². The molecule has 0 saturated heterocycles. The van der Waals surface area contributed by atoms with Gasteiger partial charge in [0.05, 0.1) is 0 Å². The molecular weight excluding hydrogens is 270 g/mol. The molecule has 0 N–H and O–H groups in total. The fourth-order valence-corrected chi connectivity index (χ4v) is 1.90. The highest BCUT2D eigenvalue weighted by Crippen LogP contribution is 2.13. The monoisotopic (exact) mass is 280 g/mol. The standard InChI is InChI=1S/C8H10FISi/c9-7-5-6(3-4-11)1-2-8(7)10/h1-2,5H,3-4H2,11H3. The summed E-state index contributed by atoms with van der Waals surface area (Å²) < 4.78 is 13.6. The van der Waals surface area contributed by atoms with Gasteiger partial charge in [-0.2, -0.15) is 0 Å². The minimum Gasteiger partial charge on any atom is -0.206 e. The van der Waals surface area contributed by atoms with E-state index in [4.69, 9.17) is 0 Å². The van der Waals surface area contributed by atoms with Gasteiger partial charge < -0.3 is 0 Å². The van der Waals surface area contributed by atoms with Crippen LogP contribution >= 0.6 is 22.6 Å². The van der Waals surface area contributed by atoms with Crippen LogP contribution in [0.5, 0.6) is 0 Å². The van der Waals surface area contributed by atoms with Gasteiger partial charge in [-0.25, -0.2) is 4.39 Å². The predicted octanol–water partition coefficient (Wildman–Crippen LogP) is 1.76. The summed E-state index contributed by atoms with van der Waals surface area (Å²) in [6.45, 7) is 0. The fourth-order valence-electron chi connectivity index (χ4n) is 0.984. The number of hydrogen-bond acceptors (Lipinski definition) is 0. The van der Waals surface area contributed by atoms with Crippen LogP contribution in [0.15, 0.2) is 18.2 Å². The second kappa shape index (κ2) is 4.20. The van der Waals surface area contributed by atoms with Crippen LogP contribution in [0.25, 0.3) is 0 Å². The van der Waals surface area contributed by atoms with E-state index in [1.54, 1.807) is 6.07 Å². The van der Waals surface area contributed by atoms with Crippen LogP contribution in [-0.2, 0) is 6.42 Å². The van der Waals surface area contributed by atoms with E-state index in [1.807, 2.05) is 34.7 Å². The molecule has 60 valence electrons. The molecule has 0 bridgehead atoms. The molecule has 0 unspecified atom stereocenters. The van der Waals surface area contributed by atoms with Gasteiger partial charge in [0, 0.05) is 13.8 Å². The Morgan fingerprint density at radius 1 is 1.45 bits per heavy atom. The van der Waals surface area contributed by atoms with E-state index in [1.165, 1.54) is 16.3 Å². The van der Waals surface area contributed by atoms with Gasteiger partial charge in [-0.1, -0.05) is 12.1 Å². The molecule has 0 fully saturated rings. The molecule has 0 saturated carbocycles. The van der Waals surface area contributed by atoms with E-state index in [0.29, 0.717) is 3.57 Å². The molecule has 1 aromatic carbocycles. The topological polar surface area (TPSA) is 0 Å². The third kappa shape index (κ3) is 2.55. The van der Waals surface area contributed by atoms with Gasteiger partial charge in [-0.05, 0) is 46.7 Å². The van der Waals surface area contributed by atoms with Crippen LogP contribution in [0, 0.1) is 9.39 Å². The molecule has 1 rings (SSSR count). The predicted molar refractivity (Wildman–Crippen MR) is 57.6 cm³/mol. The van der Waals surface area contributed by atoms with Gasteiger partial charge >= 0.3 is 0 Å². The first-order valence-corrected chi connectivity index (χ1v) is 6.17. The van der Waals surface area contributed by atoms with E-state index >= 15 is 0 Å². The van der Waals surface area contributed by atoms with Crippen molar-refractivity contribution in [2.45, 2.75) is 12.5 Å². The molecule has 0 aromatic heterocycles. The second-order valence-corrected chi connectivity index (χ2v) is 4.66. The third-order valence-electron chi connectivity index (χ3n) is 1.52. The molecule has 0 atom stereocenters. The highest BCUT2D eigenvalue weighted by molar-refractivity contribution is 14.1. The summed E-state index contributed by atoms with van der Waals surface area (Å²) >= 11 is 2.00. The Labute approximate surface area is 82.8 Å². The van der Waals surface area contributed by atoms with Crippen molar-refractivity contribution in [2.24, 2.45) is 0 Å². The molecule has 0 amide bonds. The Bertz CT molecular complexity index is 250. The van der Waals surface area contributed by atoms with Crippen molar-refractivity contribution < 1.29 is 4.39 Å². The molecule has 1 aromatic rings. The van der Waals surface area contributed by atoms with Crippen LogP contribution < -0.4 is 0 Å². The molecule has 0 aliphatic carbocycles. The fraction of sp³-hybridized carbons (Fsp3) is 0.250. The average molecular weight is 280 g/mol. The highest BCUT2D eigenvalue weighted by Gasteiger charge is 1.98. The maximum absolute atomic E-state index is 12.9. The van der Waals surface area contributed by atoms with E-state index in [-0.39, 0.29) is 5.82 Å². The van der Waals surface area contributed by atoms with Gasteiger partial charge in [0.1, 0.15) is 5.82 Å². The molecule has 0 nitrogen and oxygen atoms in total. The van der Waals surface area contributed by atoms with Crippen molar-refractivity contribution in [3.05, 3.63) is 33.1 Å². The summed E-state index contributed by atoms with van der Waals surface area (Å²) in [5.74, 6) is -0.0850. The number of rotatable bonds is 2. The lowest BCUT2D eigenvalue weighted by Crippen LogP contribution is -1.87. The zero-order valence-electron chi connectivity index (χ0n) is 6.40. The van der Waals surface area contributed by atoms with Gasteiger partial charge in [0.2, 0.25) is 0 Å². The lowest BCUT2D eigenvalue weighted by atomic mass is 10.2. The first kappa shape index (κ1) is 9.19. The van der Waals surface area contributed by atoms with Crippen LogP contribution in [-0.4, -0.2) is 10.2 Å². The Morgan fingerprint density at radius 2 is 2.18 bits per heavy atom. The summed E-state index contributed by atoms with van der Waals surface area (Å²) in [4.78, 5) is 0. The average Bonchev–Trinajstić information content (AvgIpc) is 1.98. The minimum atomic E-state index is -0.0850. The van der Waals surface area contributed by atoms with Crippen LogP contribution in [0.2, 0.25) is 6.04 Å². The molecule has 0 radical (unpaired) electrons. The second-order valence-electron chi connectivity index (χ2n) is 2.50. The summed E-state index contributed by atoms with van der Waals surface area (Å²) in [5, 5.41) is 0. The quantitative estimate of drug-likeness (QED) is 0.572. The Hall–Kier alpha value is 0.0969. The smallest absolute Gasteiger partial charge is 0.136 e. The maximum atomic E-state index is 12.9. The van der Waals surface area contributed by atoms with Gasteiger partial charge in [0.15, 0.2) is 0 Å². The molecule has 3 heteroatoms. The Morgan fingerprint density at radius 3 is 2.73 bits per heavy atom. The zero-order valence-corrected chi connectivity index (χ0v) is 10.6. The van der Waals surface area contributed by atoms with Gasteiger partial charge in [-0.3, -0.25) is 0 Å². The number of hydrogen-bond donors (Lipinski definition) is 0. The molecule has 0 aliphatic rings. The first-order chi connectivity index (χ1) is 5.24. The van der Waals surface area contributed by atoms with E-state index in [9.17, 15) is 4.39 Å². The summed E-state index contributed by atoms with van der Waals surface area (Å²) in [5.41, 5.74) is 1.12.